The summed E-state index contributed by atoms with van der Waals surface area (Å²) in [5, 5.41) is 0. The summed E-state index contributed by atoms with van der Waals surface area (Å²) in [7, 11) is -1.89. The van der Waals surface area contributed by atoms with Gasteiger partial charge in [-0.2, -0.15) is 4.31 Å². The molecule has 0 saturated heterocycles. The van der Waals surface area contributed by atoms with Crippen molar-refractivity contribution in [3.63, 3.8) is 0 Å². The van der Waals surface area contributed by atoms with Gasteiger partial charge >= 0.3 is 0 Å². The summed E-state index contributed by atoms with van der Waals surface area (Å²) in [5.74, 6) is 0. The van der Waals surface area contributed by atoms with Gasteiger partial charge in [0.15, 0.2) is 0 Å². The molecule has 17 heavy (non-hydrogen) atoms. The lowest BCUT2D eigenvalue weighted by Gasteiger charge is -2.17. The second-order valence-corrected chi connectivity index (χ2v) is 6.32. The molecule has 1 aromatic rings. The molecule has 0 aliphatic carbocycles. The van der Waals surface area contributed by atoms with Crippen LogP contribution < -0.4 is 0 Å². The van der Waals surface area contributed by atoms with Gasteiger partial charge in [-0.1, -0.05) is 12.1 Å². The quantitative estimate of drug-likeness (QED) is 0.754. The maximum Gasteiger partial charge on any atom is 0.244 e. The van der Waals surface area contributed by atoms with Gasteiger partial charge in [0.05, 0.1) is 11.5 Å². The first-order valence-electron chi connectivity index (χ1n) is 5.28. The minimum Gasteiger partial charge on any atom is -0.380 e. The molecule has 0 aliphatic heterocycles. The highest BCUT2D eigenvalue weighted by Crippen LogP contribution is 2.23. The topological polar surface area (TPSA) is 46.6 Å². The third kappa shape index (κ3) is 3.77. The standard InChI is InChI=1S/C11H16BrNO3S/c1-3-16-9-8-13(2)17(14,15)11-7-5-4-6-10(11)12/h4-7H,3,8-9H2,1-2H3. The Bertz CT molecular complexity index is 462. The molecule has 0 bridgehead atoms. The van der Waals surface area contributed by atoms with E-state index in [1.807, 2.05) is 6.92 Å². The van der Waals surface area contributed by atoms with Gasteiger partial charge in [-0.3, -0.25) is 0 Å². The van der Waals surface area contributed by atoms with E-state index in [4.69, 9.17) is 4.74 Å². The molecule has 0 atom stereocenters. The monoisotopic (exact) mass is 321 g/mol. The lowest BCUT2D eigenvalue weighted by Crippen LogP contribution is -2.30. The Labute approximate surface area is 111 Å². The Kier molecular flexibility index (Phi) is 5.58. The number of hydrogen-bond acceptors (Lipinski definition) is 3. The average Bonchev–Trinajstić information content (AvgIpc) is 2.29. The van der Waals surface area contributed by atoms with Crippen LogP contribution in [-0.4, -0.2) is 39.5 Å². The molecule has 1 rings (SSSR count). The predicted molar refractivity (Wildman–Crippen MR) is 70.5 cm³/mol. The molecule has 6 heteroatoms. The van der Waals surface area contributed by atoms with Gasteiger partial charge in [-0.25, -0.2) is 8.42 Å². The van der Waals surface area contributed by atoms with E-state index >= 15 is 0 Å². The van der Waals surface area contributed by atoms with Crippen LogP contribution in [0.1, 0.15) is 6.92 Å². The maximum absolute atomic E-state index is 12.2. The van der Waals surface area contributed by atoms with Crippen molar-refractivity contribution in [1.82, 2.24) is 4.31 Å². The van der Waals surface area contributed by atoms with Crippen molar-refractivity contribution in [2.45, 2.75) is 11.8 Å². The third-order valence-corrected chi connectivity index (χ3v) is 5.15. The zero-order valence-corrected chi connectivity index (χ0v) is 12.3. The summed E-state index contributed by atoms with van der Waals surface area (Å²) in [4.78, 5) is 0.277. The highest BCUT2D eigenvalue weighted by molar-refractivity contribution is 9.10. The van der Waals surface area contributed by atoms with Crippen LogP contribution in [0.25, 0.3) is 0 Å². The molecule has 0 saturated carbocycles. The van der Waals surface area contributed by atoms with Gasteiger partial charge in [0.1, 0.15) is 0 Å². The van der Waals surface area contributed by atoms with Gasteiger partial charge in [0, 0.05) is 24.7 Å². The predicted octanol–water partition coefficient (Wildman–Crippen LogP) is 2.11. The third-order valence-electron chi connectivity index (χ3n) is 2.28. The van der Waals surface area contributed by atoms with E-state index in [1.54, 1.807) is 31.3 Å². The minimum absolute atomic E-state index is 0.277. The number of likely N-dealkylation sites (N-methyl/N-ethyl adjacent to an activating group) is 1. The minimum atomic E-state index is -3.44. The van der Waals surface area contributed by atoms with Crippen LogP contribution in [0.15, 0.2) is 33.6 Å². The van der Waals surface area contributed by atoms with Gasteiger partial charge in [-0.05, 0) is 35.0 Å². The van der Waals surface area contributed by atoms with Gasteiger partial charge < -0.3 is 4.74 Å². The smallest absolute Gasteiger partial charge is 0.244 e. The fourth-order valence-electron chi connectivity index (χ4n) is 1.28. The van der Waals surface area contributed by atoms with Crippen molar-refractivity contribution in [3.8, 4) is 0 Å². The Morgan fingerprint density at radius 3 is 2.59 bits per heavy atom. The summed E-state index contributed by atoms with van der Waals surface area (Å²) in [6, 6.07) is 6.77. The van der Waals surface area contributed by atoms with Crippen molar-refractivity contribution in [2.75, 3.05) is 26.8 Å². The number of nitrogens with zero attached hydrogens (tertiary/aromatic N) is 1. The van der Waals surface area contributed by atoms with Gasteiger partial charge in [-0.15, -0.1) is 0 Å². The lowest BCUT2D eigenvalue weighted by molar-refractivity contribution is 0.138. The van der Waals surface area contributed by atoms with E-state index in [0.29, 0.717) is 24.2 Å². The number of rotatable bonds is 6. The van der Waals surface area contributed by atoms with Gasteiger partial charge in [0.25, 0.3) is 0 Å². The fourth-order valence-corrected chi connectivity index (χ4v) is 3.39. The molecule has 0 N–H and O–H groups in total. The molecule has 0 radical (unpaired) electrons. The number of hydrogen-bond donors (Lipinski definition) is 0. The zero-order valence-electron chi connectivity index (χ0n) is 9.89. The normalized spacial score (nSPS) is 12.0. The van der Waals surface area contributed by atoms with Crippen LogP contribution >= 0.6 is 15.9 Å². The largest absolute Gasteiger partial charge is 0.380 e. The summed E-state index contributed by atoms with van der Waals surface area (Å²) in [6.07, 6.45) is 0. The molecular formula is C11H16BrNO3S. The van der Waals surface area contributed by atoms with E-state index < -0.39 is 10.0 Å². The van der Waals surface area contributed by atoms with Crippen molar-refractivity contribution in [3.05, 3.63) is 28.7 Å². The summed E-state index contributed by atoms with van der Waals surface area (Å²) in [6.45, 7) is 3.21. The van der Waals surface area contributed by atoms with Crippen molar-refractivity contribution >= 4 is 26.0 Å². The zero-order chi connectivity index (χ0) is 12.9. The molecule has 1 aromatic carbocycles. The molecule has 0 aliphatic rings. The molecule has 96 valence electrons. The number of benzene rings is 1. The van der Waals surface area contributed by atoms with E-state index in [-0.39, 0.29) is 4.90 Å². The average molecular weight is 322 g/mol. The second-order valence-electron chi connectivity index (χ2n) is 3.45. The molecule has 0 fully saturated rings. The lowest BCUT2D eigenvalue weighted by atomic mass is 10.4. The Balaban J connectivity index is 2.85. The molecule has 0 spiro atoms. The number of sulfonamides is 1. The SMILES string of the molecule is CCOCCN(C)S(=O)(=O)c1ccccc1Br. The van der Waals surface area contributed by atoms with Crippen LogP contribution in [-0.2, 0) is 14.8 Å². The Morgan fingerprint density at radius 1 is 1.35 bits per heavy atom. The number of ether oxygens (including phenoxy) is 1. The highest BCUT2D eigenvalue weighted by Gasteiger charge is 2.22. The van der Waals surface area contributed by atoms with Crippen LogP contribution in [0.2, 0.25) is 0 Å². The van der Waals surface area contributed by atoms with E-state index in [9.17, 15) is 8.42 Å². The maximum atomic E-state index is 12.2. The molecule has 0 amide bonds. The number of halogens is 1. The molecule has 4 nitrogen and oxygen atoms in total. The van der Waals surface area contributed by atoms with E-state index in [2.05, 4.69) is 15.9 Å². The molecule has 0 heterocycles. The fraction of sp³-hybridized carbons (Fsp3) is 0.455. The van der Waals surface area contributed by atoms with Crippen LogP contribution in [0.5, 0.6) is 0 Å². The summed E-state index contributed by atoms with van der Waals surface area (Å²) in [5.41, 5.74) is 0. The van der Waals surface area contributed by atoms with Crippen molar-refractivity contribution in [2.24, 2.45) is 0 Å². The van der Waals surface area contributed by atoms with E-state index in [0.717, 1.165) is 0 Å². The molecule has 0 unspecified atom stereocenters. The first-order valence-corrected chi connectivity index (χ1v) is 7.52. The van der Waals surface area contributed by atoms with Crippen LogP contribution in [0.4, 0.5) is 0 Å². The van der Waals surface area contributed by atoms with Crippen LogP contribution in [0.3, 0.4) is 0 Å². The molecular weight excluding hydrogens is 306 g/mol. The first kappa shape index (κ1) is 14.6. The first-order chi connectivity index (χ1) is 8.00. The summed E-state index contributed by atoms with van der Waals surface area (Å²) < 4.78 is 31.4. The molecule has 0 aromatic heterocycles. The van der Waals surface area contributed by atoms with Crippen molar-refractivity contribution in [1.29, 1.82) is 0 Å². The second kappa shape index (κ2) is 6.49. The van der Waals surface area contributed by atoms with Gasteiger partial charge in [0.2, 0.25) is 10.0 Å². The van der Waals surface area contributed by atoms with Crippen molar-refractivity contribution < 1.29 is 13.2 Å². The summed E-state index contributed by atoms with van der Waals surface area (Å²) >= 11 is 3.25. The van der Waals surface area contributed by atoms with E-state index in [1.165, 1.54) is 4.31 Å². The Morgan fingerprint density at radius 2 is 2.00 bits per heavy atom. The highest BCUT2D eigenvalue weighted by atomic mass is 79.9. The van der Waals surface area contributed by atoms with Crippen LogP contribution in [0, 0.1) is 0 Å². The Hall–Kier alpha value is -0.430.